The summed E-state index contributed by atoms with van der Waals surface area (Å²) in [5.41, 5.74) is -0.650. The average Bonchev–Trinajstić information content (AvgIpc) is 2.76. The number of ketones is 1. The number of likely N-dealkylation sites (N-methyl/N-ethyl adjacent to an activating group) is 1. The summed E-state index contributed by atoms with van der Waals surface area (Å²) in [6, 6.07) is 11.3. The number of alkyl halides is 3. The lowest BCUT2D eigenvalue weighted by molar-refractivity contribution is -0.137. The first-order chi connectivity index (χ1) is 14.3. The van der Waals surface area contributed by atoms with E-state index in [0.717, 1.165) is 37.8 Å². The maximum Gasteiger partial charge on any atom is 0.416 e. The third kappa shape index (κ3) is 5.27. The van der Waals surface area contributed by atoms with Gasteiger partial charge < -0.3 is 10.2 Å². The minimum absolute atomic E-state index is 0.0706. The number of nitrogens with one attached hydrogen (secondary N) is 1. The topological polar surface area (TPSA) is 49.4 Å². The lowest BCUT2D eigenvalue weighted by atomic mass is 9.95. The van der Waals surface area contributed by atoms with Gasteiger partial charge in [0.25, 0.3) is 0 Å². The van der Waals surface area contributed by atoms with Crippen LogP contribution in [0.15, 0.2) is 48.5 Å². The number of carbonyl (C=O) groups excluding carboxylic acids is 2. The third-order valence-electron chi connectivity index (χ3n) is 5.49. The summed E-state index contributed by atoms with van der Waals surface area (Å²) in [6.45, 7) is 0.0706. The van der Waals surface area contributed by atoms with Crippen LogP contribution < -0.4 is 10.2 Å². The molecule has 3 rings (SSSR count). The van der Waals surface area contributed by atoms with Crippen molar-refractivity contribution in [2.45, 2.75) is 44.3 Å². The van der Waals surface area contributed by atoms with Gasteiger partial charge in [-0.3, -0.25) is 9.59 Å². The maximum absolute atomic E-state index is 13.2. The Kier molecular flexibility index (Phi) is 6.92. The Morgan fingerprint density at radius 3 is 2.33 bits per heavy atom. The van der Waals surface area contributed by atoms with Gasteiger partial charge in [-0.25, -0.2) is 0 Å². The van der Waals surface area contributed by atoms with Crippen molar-refractivity contribution in [3.8, 4) is 0 Å². The molecule has 0 saturated heterocycles. The Bertz CT molecular complexity index is 891. The predicted molar refractivity (Wildman–Crippen MR) is 110 cm³/mol. The van der Waals surface area contributed by atoms with Gasteiger partial charge >= 0.3 is 6.18 Å². The summed E-state index contributed by atoms with van der Waals surface area (Å²) in [5, 5.41) is 3.23. The second-order valence-corrected chi connectivity index (χ2v) is 7.59. The molecule has 1 N–H and O–H groups in total. The van der Waals surface area contributed by atoms with E-state index in [1.165, 1.54) is 24.4 Å². The van der Waals surface area contributed by atoms with Gasteiger partial charge in [-0.05, 0) is 31.0 Å². The monoisotopic (exact) mass is 418 g/mol. The number of nitrogens with zero attached hydrogens (tertiary/aromatic N) is 1. The van der Waals surface area contributed by atoms with Gasteiger partial charge in [0, 0.05) is 24.2 Å². The standard InChI is InChI=1S/C23H25F3N2O2/c1-28(21(29)15-27-18-10-6-3-7-11-18)20-13-12-17(23(24,25)26)14-19(20)22(30)16-8-4-2-5-9-16/h2,4-5,8-9,12-14,18,27H,3,6-7,10-11,15H2,1H3. The highest BCUT2D eigenvalue weighted by Gasteiger charge is 2.32. The second kappa shape index (κ2) is 9.43. The number of benzene rings is 2. The van der Waals surface area contributed by atoms with Gasteiger partial charge in [0.05, 0.1) is 17.8 Å². The highest BCUT2D eigenvalue weighted by atomic mass is 19.4. The van der Waals surface area contributed by atoms with Gasteiger partial charge in [-0.1, -0.05) is 49.6 Å². The molecule has 0 atom stereocenters. The molecule has 2 aromatic rings. The SMILES string of the molecule is CN(C(=O)CNC1CCCCC1)c1ccc(C(F)(F)F)cc1C(=O)c1ccccc1. The molecule has 2 aromatic carbocycles. The molecule has 1 aliphatic carbocycles. The molecule has 0 spiro atoms. The summed E-state index contributed by atoms with van der Waals surface area (Å²) in [4.78, 5) is 26.9. The number of carbonyl (C=O) groups is 2. The molecule has 160 valence electrons. The van der Waals surface area contributed by atoms with Crippen LogP contribution in [0.25, 0.3) is 0 Å². The van der Waals surface area contributed by atoms with E-state index in [4.69, 9.17) is 0 Å². The zero-order valence-electron chi connectivity index (χ0n) is 16.8. The average molecular weight is 418 g/mol. The van der Waals surface area contributed by atoms with Gasteiger partial charge in [0.15, 0.2) is 5.78 Å². The van der Waals surface area contributed by atoms with Crippen LogP contribution in [0, 0.1) is 0 Å². The van der Waals surface area contributed by atoms with Crippen molar-refractivity contribution in [1.29, 1.82) is 0 Å². The fraction of sp³-hybridized carbons (Fsp3) is 0.391. The highest BCUT2D eigenvalue weighted by molar-refractivity contribution is 6.14. The molecule has 1 amide bonds. The fourth-order valence-corrected chi connectivity index (χ4v) is 3.72. The number of hydrogen-bond acceptors (Lipinski definition) is 3. The molecule has 0 bridgehead atoms. The number of anilines is 1. The normalized spacial score (nSPS) is 15.1. The van der Waals surface area contributed by atoms with E-state index in [1.54, 1.807) is 30.3 Å². The Morgan fingerprint density at radius 2 is 1.70 bits per heavy atom. The molecule has 7 heteroatoms. The molecule has 30 heavy (non-hydrogen) atoms. The lowest BCUT2D eigenvalue weighted by Gasteiger charge is -2.25. The summed E-state index contributed by atoms with van der Waals surface area (Å²) in [5.74, 6) is -0.862. The molecule has 0 heterocycles. The Hall–Kier alpha value is -2.67. The van der Waals surface area contributed by atoms with E-state index < -0.39 is 17.5 Å². The van der Waals surface area contributed by atoms with Gasteiger partial charge in [0.2, 0.25) is 5.91 Å². The summed E-state index contributed by atoms with van der Waals surface area (Å²) >= 11 is 0. The first-order valence-corrected chi connectivity index (χ1v) is 10.1. The van der Waals surface area contributed by atoms with Crippen LogP contribution in [-0.2, 0) is 11.0 Å². The van der Waals surface area contributed by atoms with E-state index in [9.17, 15) is 22.8 Å². The van der Waals surface area contributed by atoms with Gasteiger partial charge in [0.1, 0.15) is 0 Å². The summed E-state index contributed by atoms with van der Waals surface area (Å²) in [7, 11) is 1.48. The summed E-state index contributed by atoms with van der Waals surface area (Å²) in [6.07, 6.45) is 0.870. The van der Waals surface area contributed by atoms with Crippen molar-refractivity contribution in [2.24, 2.45) is 0 Å². The van der Waals surface area contributed by atoms with Crippen LogP contribution in [0.2, 0.25) is 0 Å². The molecule has 0 aromatic heterocycles. The number of rotatable bonds is 6. The minimum Gasteiger partial charge on any atom is -0.314 e. The van der Waals surface area contributed by atoms with Crippen molar-refractivity contribution in [3.05, 3.63) is 65.2 Å². The van der Waals surface area contributed by atoms with E-state index in [0.29, 0.717) is 0 Å². The molecular formula is C23H25F3N2O2. The van der Waals surface area contributed by atoms with Crippen LogP contribution in [0.5, 0.6) is 0 Å². The molecular weight excluding hydrogens is 393 g/mol. The molecule has 0 aliphatic heterocycles. The lowest BCUT2D eigenvalue weighted by Crippen LogP contribution is -2.41. The zero-order valence-corrected chi connectivity index (χ0v) is 16.8. The van der Waals surface area contributed by atoms with E-state index in [1.807, 2.05) is 0 Å². The van der Waals surface area contributed by atoms with Crippen molar-refractivity contribution in [3.63, 3.8) is 0 Å². The van der Waals surface area contributed by atoms with Crippen molar-refractivity contribution >= 4 is 17.4 Å². The molecule has 0 radical (unpaired) electrons. The molecule has 1 aliphatic rings. The predicted octanol–water partition coefficient (Wildman–Crippen LogP) is 4.82. The van der Waals surface area contributed by atoms with E-state index in [2.05, 4.69) is 5.32 Å². The van der Waals surface area contributed by atoms with Crippen LogP contribution >= 0.6 is 0 Å². The van der Waals surface area contributed by atoms with E-state index >= 15 is 0 Å². The minimum atomic E-state index is -4.59. The van der Waals surface area contributed by atoms with Crippen molar-refractivity contribution in [1.82, 2.24) is 5.32 Å². The molecule has 0 unspecified atom stereocenters. The van der Waals surface area contributed by atoms with Crippen molar-refractivity contribution < 1.29 is 22.8 Å². The quantitative estimate of drug-likeness (QED) is 0.684. The molecule has 1 fully saturated rings. The van der Waals surface area contributed by atoms with Crippen LogP contribution in [0.4, 0.5) is 18.9 Å². The largest absolute Gasteiger partial charge is 0.416 e. The number of hydrogen-bond donors (Lipinski definition) is 1. The van der Waals surface area contributed by atoms with Crippen molar-refractivity contribution in [2.75, 3.05) is 18.5 Å². The Morgan fingerprint density at radius 1 is 1.03 bits per heavy atom. The third-order valence-corrected chi connectivity index (χ3v) is 5.49. The Balaban J connectivity index is 1.86. The fourth-order valence-electron chi connectivity index (χ4n) is 3.72. The van der Waals surface area contributed by atoms with Crippen LogP contribution in [0.3, 0.4) is 0 Å². The highest BCUT2D eigenvalue weighted by Crippen LogP contribution is 2.33. The number of halogens is 3. The molecule has 4 nitrogen and oxygen atoms in total. The first kappa shape index (κ1) is 22.0. The first-order valence-electron chi connectivity index (χ1n) is 10.1. The number of amides is 1. The summed E-state index contributed by atoms with van der Waals surface area (Å²) < 4.78 is 39.7. The Labute approximate surface area is 174 Å². The molecule has 1 saturated carbocycles. The van der Waals surface area contributed by atoms with Gasteiger partial charge in [-0.15, -0.1) is 0 Å². The maximum atomic E-state index is 13.2. The van der Waals surface area contributed by atoms with Crippen LogP contribution in [0.1, 0.15) is 53.6 Å². The van der Waals surface area contributed by atoms with Crippen LogP contribution in [-0.4, -0.2) is 31.3 Å². The second-order valence-electron chi connectivity index (χ2n) is 7.59. The van der Waals surface area contributed by atoms with E-state index in [-0.39, 0.29) is 35.3 Å². The smallest absolute Gasteiger partial charge is 0.314 e. The van der Waals surface area contributed by atoms with Gasteiger partial charge in [-0.2, -0.15) is 13.2 Å². The zero-order chi connectivity index (χ0) is 21.7.